The Balaban J connectivity index is 2.37. The zero-order chi connectivity index (χ0) is 41.9. The molecule has 9 atom stereocenters. The number of rotatable bonds is 39. The van der Waals surface area contributed by atoms with Gasteiger partial charge in [-0.2, -0.15) is 0 Å². The topological polar surface area (TPSA) is 169 Å². The number of carbonyl (C=O) groups is 1. The van der Waals surface area contributed by atoms with E-state index in [-0.39, 0.29) is 6.61 Å². The van der Waals surface area contributed by atoms with E-state index in [1.165, 1.54) is 141 Å². The summed E-state index contributed by atoms with van der Waals surface area (Å²) in [7, 11) is 0. The van der Waals surface area contributed by atoms with Crippen LogP contribution < -0.4 is 5.32 Å². The van der Waals surface area contributed by atoms with E-state index in [0.29, 0.717) is 6.42 Å². The molecule has 10 heteroatoms. The lowest BCUT2D eigenvalue weighted by atomic mass is 9.99. The van der Waals surface area contributed by atoms with Crippen molar-refractivity contribution in [3.8, 4) is 0 Å². The molecule has 0 aromatic carbocycles. The molecule has 10 nitrogen and oxygen atoms in total. The summed E-state index contributed by atoms with van der Waals surface area (Å²) in [5.74, 6) is 0.203. The molecule has 1 aliphatic rings. The molecular weight excluding hydrogens is 723 g/mol. The molecule has 338 valence electrons. The molecule has 0 aliphatic carbocycles. The average molecular weight is 814 g/mol. The standard InChI is InChI=1S/C47H91NO9/c1-4-6-7-8-9-10-11-12-13-14-15-16-17-18-19-22-26-29-32-35-41(51)46(55)48-39(37-56-47-45(54)44(53)43(52)42(36-49)57-47)40(50)34-31-28-25-23-20-21-24-27-30-33-38(3)5-2/h31,34,38-45,47,49-54H,4-30,32-33,35-37H2,1-3H3,(H,48,55)/b34-31+/t38?,39-,40+,41+,42+,43+,44-,45+,47+/m0/s1. The average Bonchev–Trinajstić information content (AvgIpc) is 3.21. The Labute approximate surface area is 349 Å². The van der Waals surface area contributed by atoms with Gasteiger partial charge in [-0.05, 0) is 25.2 Å². The fourth-order valence-corrected chi connectivity index (χ4v) is 7.67. The maximum absolute atomic E-state index is 13.0. The maximum Gasteiger partial charge on any atom is 0.249 e. The Morgan fingerprint density at radius 1 is 0.649 bits per heavy atom. The lowest BCUT2D eigenvalue weighted by Crippen LogP contribution is -2.60. The zero-order valence-corrected chi connectivity index (χ0v) is 36.9. The third-order valence-corrected chi connectivity index (χ3v) is 12.0. The minimum Gasteiger partial charge on any atom is -0.394 e. The fraction of sp³-hybridized carbons (Fsp3) is 0.936. The van der Waals surface area contributed by atoms with Crippen molar-refractivity contribution < 1.29 is 44.9 Å². The van der Waals surface area contributed by atoms with Crippen LogP contribution in [-0.2, 0) is 14.3 Å². The van der Waals surface area contributed by atoms with Crippen molar-refractivity contribution >= 4 is 5.91 Å². The number of carbonyl (C=O) groups excluding carboxylic acids is 1. The molecule has 1 saturated heterocycles. The zero-order valence-electron chi connectivity index (χ0n) is 36.9. The molecule has 1 rings (SSSR count). The summed E-state index contributed by atoms with van der Waals surface area (Å²) in [6.07, 6.45) is 30.1. The molecule has 0 bridgehead atoms. The summed E-state index contributed by atoms with van der Waals surface area (Å²) < 4.78 is 11.1. The van der Waals surface area contributed by atoms with Gasteiger partial charge >= 0.3 is 0 Å². The highest BCUT2D eigenvalue weighted by Gasteiger charge is 2.44. The molecule has 1 fully saturated rings. The fourth-order valence-electron chi connectivity index (χ4n) is 7.67. The smallest absolute Gasteiger partial charge is 0.249 e. The van der Waals surface area contributed by atoms with Crippen molar-refractivity contribution in [3.63, 3.8) is 0 Å². The van der Waals surface area contributed by atoms with Gasteiger partial charge in [-0.1, -0.05) is 206 Å². The van der Waals surface area contributed by atoms with E-state index in [1.54, 1.807) is 6.08 Å². The number of amides is 1. The van der Waals surface area contributed by atoms with Gasteiger partial charge in [0, 0.05) is 0 Å². The van der Waals surface area contributed by atoms with Crippen LogP contribution in [0.5, 0.6) is 0 Å². The quantitative estimate of drug-likeness (QED) is 0.0237. The molecule has 0 aromatic rings. The highest BCUT2D eigenvalue weighted by atomic mass is 16.7. The van der Waals surface area contributed by atoms with Gasteiger partial charge in [-0.25, -0.2) is 0 Å². The van der Waals surface area contributed by atoms with E-state index in [0.717, 1.165) is 50.9 Å². The molecule has 57 heavy (non-hydrogen) atoms. The number of hydrogen-bond acceptors (Lipinski definition) is 9. The van der Waals surface area contributed by atoms with Gasteiger partial charge < -0.3 is 45.4 Å². The Morgan fingerprint density at radius 3 is 1.58 bits per heavy atom. The van der Waals surface area contributed by atoms with Crippen molar-refractivity contribution in [3.05, 3.63) is 12.2 Å². The summed E-state index contributed by atoms with van der Waals surface area (Å²) >= 11 is 0. The van der Waals surface area contributed by atoms with Gasteiger partial charge in [0.1, 0.15) is 30.5 Å². The molecule has 0 saturated carbocycles. The predicted molar refractivity (Wildman–Crippen MR) is 232 cm³/mol. The molecule has 0 spiro atoms. The summed E-state index contributed by atoms with van der Waals surface area (Å²) in [6.45, 7) is 5.94. The van der Waals surface area contributed by atoms with Crippen molar-refractivity contribution in [2.45, 2.75) is 262 Å². The molecule has 0 radical (unpaired) electrons. The van der Waals surface area contributed by atoms with E-state index in [1.807, 2.05) is 6.08 Å². The lowest BCUT2D eigenvalue weighted by molar-refractivity contribution is -0.302. The van der Waals surface area contributed by atoms with Gasteiger partial charge in [0.2, 0.25) is 5.91 Å². The monoisotopic (exact) mass is 814 g/mol. The van der Waals surface area contributed by atoms with E-state index in [9.17, 15) is 35.4 Å². The van der Waals surface area contributed by atoms with Crippen LogP contribution in [0.3, 0.4) is 0 Å². The number of nitrogens with one attached hydrogen (secondary N) is 1. The summed E-state index contributed by atoms with van der Waals surface area (Å²) in [4.78, 5) is 13.0. The second-order valence-corrected chi connectivity index (χ2v) is 17.3. The third-order valence-electron chi connectivity index (χ3n) is 12.0. The number of ether oxygens (including phenoxy) is 2. The summed E-state index contributed by atoms with van der Waals surface area (Å²) in [5, 5.41) is 64.7. The van der Waals surface area contributed by atoms with Crippen LogP contribution in [0.15, 0.2) is 12.2 Å². The minimum atomic E-state index is -1.61. The van der Waals surface area contributed by atoms with Crippen molar-refractivity contribution in [2.24, 2.45) is 5.92 Å². The van der Waals surface area contributed by atoms with E-state index in [2.05, 4.69) is 26.1 Å². The van der Waals surface area contributed by atoms with Crippen LogP contribution in [0, 0.1) is 5.92 Å². The molecule has 7 N–H and O–H groups in total. The van der Waals surface area contributed by atoms with Crippen LogP contribution in [0.4, 0.5) is 0 Å². The predicted octanol–water partition coefficient (Wildman–Crippen LogP) is 8.94. The molecule has 0 aromatic heterocycles. The van der Waals surface area contributed by atoms with Crippen molar-refractivity contribution in [1.82, 2.24) is 5.32 Å². The van der Waals surface area contributed by atoms with Gasteiger partial charge in [0.25, 0.3) is 0 Å². The number of hydrogen-bond donors (Lipinski definition) is 7. The number of allylic oxidation sites excluding steroid dienone is 1. The first-order valence-electron chi connectivity index (χ1n) is 23.9. The number of aliphatic hydroxyl groups excluding tert-OH is 6. The number of aliphatic hydroxyl groups is 6. The molecule has 1 amide bonds. The maximum atomic E-state index is 13.0. The second kappa shape index (κ2) is 36.7. The van der Waals surface area contributed by atoms with Gasteiger partial charge in [-0.3, -0.25) is 4.79 Å². The Hall–Kier alpha value is -1.11. The molecule has 1 aliphatic heterocycles. The van der Waals surface area contributed by atoms with Gasteiger partial charge in [0.05, 0.1) is 25.4 Å². The SMILES string of the molecule is CCCCCCCCCCCCCCCCCCCCC[C@@H](O)C(=O)N[C@@H](CO[C@@H]1O[C@H](CO)[C@@H](O)[C@H](O)[C@H]1O)[C@H](O)/C=C/CCCCCCCCCC(C)CC. The second-order valence-electron chi connectivity index (χ2n) is 17.3. The van der Waals surface area contributed by atoms with Crippen molar-refractivity contribution in [1.29, 1.82) is 0 Å². The summed E-state index contributed by atoms with van der Waals surface area (Å²) in [6, 6.07) is -0.976. The highest BCUT2D eigenvalue weighted by Crippen LogP contribution is 2.23. The first-order valence-corrected chi connectivity index (χ1v) is 23.9. The normalized spacial score (nSPS) is 22.2. The largest absolute Gasteiger partial charge is 0.394 e. The van der Waals surface area contributed by atoms with E-state index >= 15 is 0 Å². The van der Waals surface area contributed by atoms with Crippen LogP contribution >= 0.6 is 0 Å². The Bertz CT molecular complexity index is 937. The first-order chi connectivity index (χ1) is 27.7. The molecule has 1 heterocycles. The van der Waals surface area contributed by atoms with Crippen LogP contribution in [0.25, 0.3) is 0 Å². The molecule has 1 unspecified atom stereocenters. The Morgan fingerprint density at radius 2 is 1.11 bits per heavy atom. The minimum absolute atomic E-state index is 0.303. The molecular formula is C47H91NO9. The van der Waals surface area contributed by atoms with Crippen molar-refractivity contribution in [2.75, 3.05) is 13.2 Å². The van der Waals surface area contributed by atoms with Crippen LogP contribution in [-0.4, -0.2) is 98.7 Å². The van der Waals surface area contributed by atoms with Crippen LogP contribution in [0.1, 0.15) is 213 Å². The third kappa shape index (κ3) is 27.4. The highest BCUT2D eigenvalue weighted by molar-refractivity contribution is 5.80. The first kappa shape index (κ1) is 53.9. The van der Waals surface area contributed by atoms with Gasteiger partial charge in [-0.15, -0.1) is 0 Å². The van der Waals surface area contributed by atoms with Gasteiger partial charge in [0.15, 0.2) is 6.29 Å². The van der Waals surface area contributed by atoms with E-state index in [4.69, 9.17) is 9.47 Å². The Kier molecular flexibility index (Phi) is 34.7. The van der Waals surface area contributed by atoms with Crippen LogP contribution in [0.2, 0.25) is 0 Å². The summed E-state index contributed by atoms with van der Waals surface area (Å²) in [5.41, 5.74) is 0. The number of unbranched alkanes of at least 4 members (excludes halogenated alkanes) is 25. The van der Waals surface area contributed by atoms with E-state index < -0.39 is 61.5 Å². The lowest BCUT2D eigenvalue weighted by Gasteiger charge is -2.40.